The zero-order chi connectivity index (χ0) is 101. The largest absolute Gasteiger partial charge is 0.505 e. The fourth-order valence-corrected chi connectivity index (χ4v) is 18.9. The van der Waals surface area contributed by atoms with E-state index in [0.717, 1.165) is 106 Å². The molecule has 43 heteroatoms. The van der Waals surface area contributed by atoms with E-state index >= 15 is 0 Å². The van der Waals surface area contributed by atoms with E-state index in [9.17, 15) is 69.1 Å². The summed E-state index contributed by atoms with van der Waals surface area (Å²) in [6.07, 6.45) is 8.85. The number of nitrogens with two attached hydrogens (primary N) is 2. The minimum atomic E-state index is -1.03. The van der Waals surface area contributed by atoms with Crippen LogP contribution in [0.2, 0.25) is 0 Å². The predicted molar refractivity (Wildman–Crippen MR) is 547 cm³/mol. The van der Waals surface area contributed by atoms with Gasteiger partial charge in [0.15, 0.2) is 28.6 Å². The van der Waals surface area contributed by atoms with Crippen LogP contribution in [0.1, 0.15) is 135 Å². The fraction of sp³-hybridized carbons (Fsp3) is 0.194. The molecule has 8 heterocycles. The first kappa shape index (κ1) is 104. The molecule has 2 aliphatic carbocycles. The number of phenols is 3. The number of phenolic OH excluding ortho intramolecular Hbond substituents is 3. The summed E-state index contributed by atoms with van der Waals surface area (Å²) in [4.78, 5) is 103. The molecule has 0 bridgehead atoms. The van der Waals surface area contributed by atoms with Crippen LogP contribution < -0.4 is 42.3 Å². The molecule has 0 amide bonds. The fourth-order valence-electron chi connectivity index (χ4n) is 15.2. The first-order valence-electron chi connectivity index (χ1n) is 42.7. The number of fused-ring (bicyclic) bond motifs is 2. The second kappa shape index (κ2) is 45.4. The van der Waals surface area contributed by atoms with Crippen LogP contribution in [0.4, 0.5) is 45.5 Å². The van der Waals surface area contributed by atoms with Gasteiger partial charge in [-0.05, 0) is 249 Å². The number of anilines is 2. The number of aryl methyl sites for hydroxylation is 6. The number of ether oxygens (including phenoxy) is 3. The highest BCUT2D eigenvalue weighted by atomic mass is 79.9. The Hall–Kier alpha value is -15.5. The summed E-state index contributed by atoms with van der Waals surface area (Å²) < 4.78 is 30.2. The number of aromatic hydroxyl groups is 3. The van der Waals surface area contributed by atoms with Gasteiger partial charge in [-0.15, -0.1) is 94.1 Å². The van der Waals surface area contributed by atoms with Gasteiger partial charge < -0.3 is 75.8 Å². The van der Waals surface area contributed by atoms with Crippen molar-refractivity contribution < 1.29 is 98.2 Å². The minimum Gasteiger partial charge on any atom is -0.505 e. The molecule has 15 aromatic rings. The highest BCUT2D eigenvalue weighted by Gasteiger charge is 2.53. The lowest BCUT2D eigenvalue weighted by atomic mass is 9.78. The summed E-state index contributed by atoms with van der Waals surface area (Å²) in [7, 11) is 3.60. The molecule has 141 heavy (non-hydrogen) atoms. The number of nitrogens with one attached hydrogen (secondary N) is 2. The van der Waals surface area contributed by atoms with Crippen molar-refractivity contribution in [2.75, 3.05) is 32.8 Å². The quantitative estimate of drug-likeness (QED) is 0.00749. The molecular formula is C98H92BBrN12O24S5. The van der Waals surface area contributed by atoms with Crippen LogP contribution in [0.3, 0.4) is 0 Å². The van der Waals surface area contributed by atoms with E-state index in [1.54, 1.807) is 133 Å². The number of carboxylic acids is 5. The number of carboxylic acid groups (broad SMARTS) is 5. The average Bonchev–Trinajstić information content (AvgIpc) is 1.78. The number of methoxy groups -OCH3 is 3. The number of rotatable bonds is 22. The summed E-state index contributed by atoms with van der Waals surface area (Å²) >= 11 is 5.51. The normalized spacial score (nSPS) is 13.0. The van der Waals surface area contributed by atoms with Gasteiger partial charge >= 0.3 is 48.3 Å². The maximum Gasteiger partial charge on any atom is 0.498 e. The number of aromatic amines is 2. The van der Waals surface area contributed by atoms with E-state index in [2.05, 4.69) is 42.8 Å². The second-order valence-corrected chi connectivity index (χ2v) is 37.1. The van der Waals surface area contributed by atoms with Crippen molar-refractivity contribution in [3.8, 4) is 102 Å². The number of hydrogen-bond acceptors (Lipinski definition) is 30. The Kier molecular flexibility index (Phi) is 33.6. The molecular weight excluding hydrogens is 1980 g/mol. The Bertz CT molecular complexity index is 7210. The summed E-state index contributed by atoms with van der Waals surface area (Å²) in [5.74, 6) is -4.38. The van der Waals surface area contributed by atoms with Crippen molar-refractivity contribution >= 4 is 162 Å². The number of carbonyl (C=O) groups is 5. The molecule has 0 unspecified atom stereocenters. The van der Waals surface area contributed by atoms with Crippen LogP contribution in [0.15, 0.2) is 233 Å². The summed E-state index contributed by atoms with van der Waals surface area (Å²) in [6, 6.07) is 49.2. The van der Waals surface area contributed by atoms with Crippen molar-refractivity contribution in [3.63, 3.8) is 0 Å². The van der Waals surface area contributed by atoms with E-state index in [1.807, 2.05) is 64.1 Å². The maximum absolute atomic E-state index is 13.1. The van der Waals surface area contributed by atoms with Crippen molar-refractivity contribution in [2.45, 2.75) is 104 Å². The van der Waals surface area contributed by atoms with Gasteiger partial charge in [0.1, 0.15) is 47.3 Å². The van der Waals surface area contributed by atoms with E-state index in [0.29, 0.717) is 77.7 Å². The monoisotopic (exact) mass is 2070 g/mol. The molecule has 3 aliphatic rings. The molecule has 1 fully saturated rings. The molecule has 14 N–H and O–H groups in total. The molecule has 0 saturated carbocycles. The number of H-pyrrole nitrogens is 2. The second-order valence-electron chi connectivity index (χ2n) is 32.6. The van der Waals surface area contributed by atoms with Gasteiger partial charge in [-0.1, -0.05) is 84.9 Å². The van der Waals surface area contributed by atoms with E-state index in [4.69, 9.17) is 60.5 Å². The standard InChI is InChI=1S/2C25H22N4O4S.C13H18BNO5.C12H9NO5S.C12H11NO3S.C11H9NO3S.BrH/c2*1-14-22(24(31)29(28-14)18-10-9-15-5-2-3-6-16(15)11-18)27-26-20-8-4-7-19(23(20)30)17-12-21(25(32)33)34-13-17;1-12(2)13(3,4)20-14(19-12)9-7-6-8-10(15(16)17)11(9)18-5;1-18-11-8(3-2-4-9(11)13(16)17)7-5-10(12(14)15)19-6-7;1-16-11-8(3-2-4-9(11)13)7-5-10(12(14)15)17-6-7;12-8-3-1-2-7(10(8)13)6-4-9(11(14)15)16-5-6;/h2*4,7-13,28,30H,2-3,5-6H2,1H3,(H,32,33);6-8H,1-5H3;2-6H,1H3,(H,14,15);2-6H,13H2,1H3,(H,14,15);1-5,13H,12H2,(H,14,15);1H. The lowest BCUT2D eigenvalue weighted by Crippen LogP contribution is -2.41. The third-order valence-corrected chi connectivity index (χ3v) is 27.6. The zero-order valence-corrected chi connectivity index (χ0v) is 82.5. The number of aromatic nitrogens is 4. The number of nitro groups is 2. The van der Waals surface area contributed by atoms with E-state index < -0.39 is 58.0 Å². The van der Waals surface area contributed by atoms with Crippen molar-refractivity contribution in [1.29, 1.82) is 0 Å². The molecule has 728 valence electrons. The topological polar surface area (TPSA) is 557 Å². The first-order valence-corrected chi connectivity index (χ1v) is 47.1. The van der Waals surface area contributed by atoms with Crippen LogP contribution in [0.5, 0.6) is 34.5 Å². The Morgan fingerprint density at radius 1 is 0.418 bits per heavy atom. The van der Waals surface area contributed by atoms with Gasteiger partial charge in [0.05, 0.1) is 76.5 Å². The summed E-state index contributed by atoms with van der Waals surface area (Å²) in [5, 5.41) is 129. The van der Waals surface area contributed by atoms with E-state index in [1.165, 1.54) is 112 Å². The lowest BCUT2D eigenvalue weighted by molar-refractivity contribution is -0.385. The molecule has 36 nitrogen and oxygen atoms in total. The highest BCUT2D eigenvalue weighted by molar-refractivity contribution is 8.93. The van der Waals surface area contributed by atoms with Gasteiger partial charge in [0.25, 0.3) is 11.1 Å². The van der Waals surface area contributed by atoms with Crippen LogP contribution in [0.25, 0.3) is 67.0 Å². The Labute approximate surface area is 834 Å². The number of thiophene rings is 5. The number of benzene rings is 8. The molecule has 0 atom stereocenters. The molecule has 1 saturated heterocycles. The van der Waals surface area contributed by atoms with Crippen LogP contribution >= 0.6 is 73.7 Å². The number of nitrogen functional groups attached to an aromatic ring is 2. The van der Waals surface area contributed by atoms with Crippen LogP contribution in [-0.4, -0.2) is 140 Å². The van der Waals surface area contributed by atoms with Crippen molar-refractivity contribution in [2.24, 2.45) is 20.5 Å². The summed E-state index contributed by atoms with van der Waals surface area (Å²) in [5.41, 5.74) is 25.2. The van der Waals surface area contributed by atoms with Gasteiger partial charge in [-0.25, -0.2) is 33.3 Å². The molecule has 18 rings (SSSR count). The van der Waals surface area contributed by atoms with Gasteiger partial charge in [0.2, 0.25) is 5.75 Å². The van der Waals surface area contributed by atoms with E-state index in [-0.39, 0.29) is 116 Å². The third-order valence-electron chi connectivity index (χ3n) is 23.1. The number of azo groups is 2. The Morgan fingerprint density at radius 2 is 0.730 bits per heavy atom. The smallest absolute Gasteiger partial charge is 0.498 e. The lowest BCUT2D eigenvalue weighted by Gasteiger charge is -2.32. The predicted octanol–water partition coefficient (Wildman–Crippen LogP) is 22.4. The molecule has 7 aromatic heterocycles. The molecule has 1 aliphatic heterocycles. The van der Waals surface area contributed by atoms with Crippen LogP contribution in [-0.2, 0) is 35.0 Å². The minimum absolute atomic E-state index is 0. The molecule has 0 radical (unpaired) electrons. The SMILES string of the molecule is Br.COc1c(-c2csc(C(=O)O)c2)cccc1[N+](=O)[O-].COc1c(B2OC(C)(C)C(C)(C)O2)cccc1[N+](=O)[O-].COc1c(N)cccc1-c1csc(C(=O)O)c1.Cc1[nH]n(-c2ccc3c(c2)CCCC3)c(=O)c1N=Nc1cccc(-c2csc(C(=O)O)c2)c1O.Cc1[nH]n(-c2ccc3c(c2)CCCC3)c(=O)c1N=Nc1cccc(-c2csc(C(=O)O)c2)c1O.Nc1cccc(-c2csc(C(=O)O)c2)c1O. The number of hydrogen-bond donors (Lipinski definition) is 12. The average molecular weight is 2070 g/mol. The number of para-hydroxylation sites is 6. The van der Waals surface area contributed by atoms with Crippen LogP contribution in [0, 0.1) is 34.1 Å². The molecule has 0 spiro atoms. The summed E-state index contributed by atoms with van der Waals surface area (Å²) in [6.45, 7) is 11.2. The zero-order valence-electron chi connectivity index (χ0n) is 76.7. The number of aromatic carboxylic acids is 5. The molecule has 8 aromatic carbocycles. The number of nitrogens with zero attached hydrogens (tertiary/aromatic N) is 8. The Balaban J connectivity index is 0.000000155. The third kappa shape index (κ3) is 23.7. The first-order chi connectivity index (χ1) is 66.8. The van der Waals surface area contributed by atoms with Gasteiger partial charge in [0, 0.05) is 45.4 Å². The Morgan fingerprint density at radius 3 is 1.09 bits per heavy atom. The highest BCUT2D eigenvalue weighted by Crippen LogP contribution is 2.46. The van der Waals surface area contributed by atoms with Gasteiger partial charge in [-0.2, -0.15) is 0 Å². The van der Waals surface area contributed by atoms with Crippen molar-refractivity contribution in [3.05, 3.63) is 302 Å². The number of halogens is 1. The maximum atomic E-state index is 13.1. The number of nitro benzene ring substituents is 2. The van der Waals surface area contributed by atoms with Crippen molar-refractivity contribution in [1.82, 2.24) is 19.6 Å². The van der Waals surface area contributed by atoms with Gasteiger partial charge in [-0.3, -0.25) is 40.0 Å².